The van der Waals surface area contributed by atoms with Crippen molar-refractivity contribution >= 4 is 5.82 Å². The number of pyridine rings is 1. The number of benzene rings is 1. The molecule has 0 saturated heterocycles. The molecule has 0 amide bonds. The van der Waals surface area contributed by atoms with Crippen LogP contribution in [0.15, 0.2) is 66.9 Å². The van der Waals surface area contributed by atoms with Crippen LogP contribution in [0.2, 0.25) is 0 Å². The molecule has 3 aromatic heterocycles. The lowest BCUT2D eigenvalue weighted by molar-refractivity contribution is 0.844. The first-order valence-corrected chi connectivity index (χ1v) is 8.11. The van der Waals surface area contributed by atoms with E-state index in [9.17, 15) is 0 Å². The van der Waals surface area contributed by atoms with Crippen molar-refractivity contribution in [3.63, 3.8) is 0 Å². The van der Waals surface area contributed by atoms with E-state index in [4.69, 9.17) is 0 Å². The summed E-state index contributed by atoms with van der Waals surface area (Å²) in [6.45, 7) is 2.66. The molecule has 6 nitrogen and oxygen atoms in total. The molecule has 0 saturated carbocycles. The summed E-state index contributed by atoms with van der Waals surface area (Å²) in [5.74, 6) is 0.829. The van der Waals surface area contributed by atoms with Gasteiger partial charge in [-0.05, 0) is 37.3 Å². The molecule has 2 N–H and O–H groups in total. The van der Waals surface area contributed by atoms with E-state index in [2.05, 4.69) is 25.6 Å². The highest BCUT2D eigenvalue weighted by Crippen LogP contribution is 2.17. The van der Waals surface area contributed by atoms with E-state index in [0.29, 0.717) is 6.54 Å². The number of nitrogens with one attached hydrogen (secondary N) is 2. The van der Waals surface area contributed by atoms with Crippen molar-refractivity contribution < 1.29 is 0 Å². The average Bonchev–Trinajstić information content (AvgIpc) is 3.28. The predicted molar refractivity (Wildman–Crippen MR) is 97.4 cm³/mol. The van der Waals surface area contributed by atoms with Crippen LogP contribution < -0.4 is 5.32 Å². The molecule has 4 aromatic rings. The summed E-state index contributed by atoms with van der Waals surface area (Å²) >= 11 is 0. The number of aromatic amines is 1. The number of aryl methyl sites for hydroxylation is 1. The number of H-pyrrole nitrogens is 1. The Morgan fingerprint density at radius 2 is 1.84 bits per heavy atom. The monoisotopic (exact) mass is 330 g/mol. The molecule has 3 heterocycles. The first kappa shape index (κ1) is 15.1. The largest absolute Gasteiger partial charge is 0.363 e. The Bertz CT molecular complexity index is 956. The quantitative estimate of drug-likeness (QED) is 0.587. The normalized spacial score (nSPS) is 10.8. The van der Waals surface area contributed by atoms with Gasteiger partial charge in [-0.1, -0.05) is 24.3 Å². The van der Waals surface area contributed by atoms with Gasteiger partial charge in [-0.15, -0.1) is 0 Å². The number of anilines is 1. The summed E-state index contributed by atoms with van der Waals surface area (Å²) < 4.78 is 1.93. The summed E-state index contributed by atoms with van der Waals surface area (Å²) in [6.07, 6.45) is 1.76. The van der Waals surface area contributed by atoms with Gasteiger partial charge in [0.1, 0.15) is 11.5 Å². The molecule has 0 aliphatic rings. The van der Waals surface area contributed by atoms with Gasteiger partial charge in [-0.2, -0.15) is 10.2 Å². The Labute approximate surface area is 145 Å². The Morgan fingerprint density at radius 1 is 1.00 bits per heavy atom. The standard InChI is InChI=1S/C19H18N6/c1-14-11-19(24-25(14)16-7-3-2-4-8-16)21-13-15-12-18(23-22-15)17-9-5-6-10-20-17/h2-12H,13H2,1H3,(H,21,24)(H,22,23). The summed E-state index contributed by atoms with van der Waals surface area (Å²) in [5, 5.41) is 15.3. The molecule has 6 heteroatoms. The number of hydrogen-bond acceptors (Lipinski definition) is 4. The molecule has 0 unspecified atom stereocenters. The Balaban J connectivity index is 1.47. The summed E-state index contributed by atoms with van der Waals surface area (Å²) in [7, 11) is 0. The van der Waals surface area contributed by atoms with Crippen molar-refractivity contribution in [1.82, 2.24) is 25.0 Å². The highest BCUT2D eigenvalue weighted by molar-refractivity contribution is 5.54. The highest BCUT2D eigenvalue weighted by Gasteiger charge is 2.08. The van der Waals surface area contributed by atoms with E-state index in [1.165, 1.54) is 0 Å². The molecule has 0 fully saturated rings. The minimum Gasteiger partial charge on any atom is -0.363 e. The third-order valence-corrected chi connectivity index (χ3v) is 3.91. The van der Waals surface area contributed by atoms with Crippen LogP contribution >= 0.6 is 0 Å². The van der Waals surface area contributed by atoms with E-state index >= 15 is 0 Å². The molecule has 1 aromatic carbocycles. The van der Waals surface area contributed by atoms with Crippen LogP contribution in [-0.2, 0) is 6.54 Å². The minimum atomic E-state index is 0.616. The maximum absolute atomic E-state index is 4.62. The second kappa shape index (κ2) is 6.60. The molecule has 0 radical (unpaired) electrons. The molecule has 0 bridgehead atoms. The summed E-state index contributed by atoms with van der Waals surface area (Å²) in [5.41, 5.74) is 4.80. The lowest BCUT2D eigenvalue weighted by atomic mass is 10.2. The van der Waals surface area contributed by atoms with Crippen molar-refractivity contribution in [2.75, 3.05) is 5.32 Å². The van der Waals surface area contributed by atoms with E-state index < -0.39 is 0 Å². The lowest BCUT2D eigenvalue weighted by Crippen LogP contribution is -2.02. The molecular formula is C19H18N6. The fourth-order valence-corrected chi connectivity index (χ4v) is 2.67. The Kier molecular flexibility index (Phi) is 4.00. The van der Waals surface area contributed by atoms with E-state index in [0.717, 1.165) is 34.3 Å². The van der Waals surface area contributed by atoms with Crippen LogP contribution in [0.3, 0.4) is 0 Å². The van der Waals surface area contributed by atoms with Gasteiger partial charge >= 0.3 is 0 Å². The summed E-state index contributed by atoms with van der Waals surface area (Å²) in [4.78, 5) is 4.31. The fraction of sp³-hybridized carbons (Fsp3) is 0.105. The van der Waals surface area contributed by atoms with E-state index in [1.807, 2.05) is 72.3 Å². The molecule has 0 atom stereocenters. The smallest absolute Gasteiger partial charge is 0.149 e. The molecule has 124 valence electrons. The van der Waals surface area contributed by atoms with Gasteiger partial charge in [0.2, 0.25) is 0 Å². The van der Waals surface area contributed by atoms with Crippen molar-refractivity contribution in [1.29, 1.82) is 0 Å². The van der Waals surface area contributed by atoms with Crippen molar-refractivity contribution in [3.8, 4) is 17.1 Å². The number of aromatic nitrogens is 5. The van der Waals surface area contributed by atoms with Gasteiger partial charge in [-0.3, -0.25) is 10.1 Å². The van der Waals surface area contributed by atoms with Gasteiger partial charge < -0.3 is 5.32 Å². The second-order valence-electron chi connectivity index (χ2n) is 5.77. The zero-order valence-electron chi connectivity index (χ0n) is 13.8. The molecule has 0 spiro atoms. The molecular weight excluding hydrogens is 312 g/mol. The first-order valence-electron chi connectivity index (χ1n) is 8.11. The molecule has 0 aliphatic carbocycles. The van der Waals surface area contributed by atoms with E-state index in [-0.39, 0.29) is 0 Å². The fourth-order valence-electron chi connectivity index (χ4n) is 2.67. The zero-order chi connectivity index (χ0) is 17.1. The van der Waals surface area contributed by atoms with Gasteiger partial charge in [0.25, 0.3) is 0 Å². The van der Waals surface area contributed by atoms with E-state index in [1.54, 1.807) is 6.20 Å². The number of para-hydroxylation sites is 1. The van der Waals surface area contributed by atoms with Gasteiger partial charge in [0, 0.05) is 18.0 Å². The Hall–Kier alpha value is -3.41. The average molecular weight is 330 g/mol. The van der Waals surface area contributed by atoms with Crippen molar-refractivity contribution in [2.24, 2.45) is 0 Å². The number of hydrogen-bond donors (Lipinski definition) is 2. The van der Waals surface area contributed by atoms with Crippen LogP contribution in [-0.4, -0.2) is 25.0 Å². The number of nitrogens with zero attached hydrogens (tertiary/aromatic N) is 4. The topological polar surface area (TPSA) is 71.4 Å². The third-order valence-electron chi connectivity index (χ3n) is 3.91. The maximum Gasteiger partial charge on any atom is 0.149 e. The first-order chi connectivity index (χ1) is 12.3. The highest BCUT2D eigenvalue weighted by atomic mass is 15.3. The van der Waals surface area contributed by atoms with Gasteiger partial charge in [0.05, 0.1) is 23.6 Å². The van der Waals surface area contributed by atoms with Gasteiger partial charge in [-0.25, -0.2) is 4.68 Å². The maximum atomic E-state index is 4.62. The summed E-state index contributed by atoms with van der Waals surface area (Å²) in [6, 6.07) is 19.9. The van der Waals surface area contributed by atoms with Gasteiger partial charge in [0.15, 0.2) is 0 Å². The van der Waals surface area contributed by atoms with Crippen LogP contribution in [0.5, 0.6) is 0 Å². The predicted octanol–water partition coefficient (Wildman–Crippen LogP) is 3.58. The molecule has 0 aliphatic heterocycles. The van der Waals surface area contributed by atoms with Crippen LogP contribution in [0, 0.1) is 6.92 Å². The number of rotatable bonds is 5. The molecule has 25 heavy (non-hydrogen) atoms. The van der Waals surface area contributed by atoms with Crippen LogP contribution in [0.4, 0.5) is 5.82 Å². The van der Waals surface area contributed by atoms with Crippen molar-refractivity contribution in [3.05, 3.63) is 78.2 Å². The SMILES string of the molecule is Cc1cc(NCc2cc(-c3ccccn3)n[nH]2)nn1-c1ccccc1. The zero-order valence-corrected chi connectivity index (χ0v) is 13.8. The third kappa shape index (κ3) is 3.28. The van der Waals surface area contributed by atoms with Crippen LogP contribution in [0.1, 0.15) is 11.4 Å². The molecule has 4 rings (SSSR count). The van der Waals surface area contributed by atoms with Crippen LogP contribution in [0.25, 0.3) is 17.1 Å². The Morgan fingerprint density at radius 3 is 2.64 bits per heavy atom. The van der Waals surface area contributed by atoms with Crippen molar-refractivity contribution in [2.45, 2.75) is 13.5 Å². The lowest BCUT2D eigenvalue weighted by Gasteiger charge is -2.03. The minimum absolute atomic E-state index is 0.616. The second-order valence-corrected chi connectivity index (χ2v) is 5.77.